The highest BCUT2D eigenvalue weighted by Crippen LogP contribution is 2.29. The van der Waals surface area contributed by atoms with E-state index in [4.69, 9.17) is 19.6 Å². The Bertz CT molecular complexity index is 1050. The number of ether oxygens (including phenoxy) is 2. The van der Waals surface area contributed by atoms with Crippen LogP contribution < -0.4 is 26.7 Å². The second-order valence-electron chi connectivity index (χ2n) is 7.15. The number of anilines is 2. The van der Waals surface area contributed by atoms with Gasteiger partial charge < -0.3 is 24.9 Å². The maximum atomic E-state index is 12.7. The van der Waals surface area contributed by atoms with Crippen LogP contribution in [0.25, 0.3) is 0 Å². The van der Waals surface area contributed by atoms with Crippen molar-refractivity contribution in [3.63, 3.8) is 0 Å². The molecule has 12 heteroatoms. The second-order valence-corrected chi connectivity index (χ2v) is 8.11. The summed E-state index contributed by atoms with van der Waals surface area (Å²) in [4.78, 5) is 29.3. The molecule has 1 aliphatic rings. The van der Waals surface area contributed by atoms with Crippen LogP contribution in [-0.4, -0.2) is 48.2 Å². The maximum Gasteiger partial charge on any atom is 0.381 e. The molecule has 0 bridgehead atoms. The van der Waals surface area contributed by atoms with Crippen molar-refractivity contribution >= 4 is 38.9 Å². The van der Waals surface area contributed by atoms with Gasteiger partial charge in [0.15, 0.2) is 5.76 Å². The van der Waals surface area contributed by atoms with Crippen molar-refractivity contribution in [1.29, 1.82) is 0 Å². The summed E-state index contributed by atoms with van der Waals surface area (Å²) >= 11 is 1.07. The molecule has 0 atom stereocenters. The molecule has 0 saturated heterocycles. The Balaban J connectivity index is 1.75. The quantitative estimate of drug-likeness (QED) is 0.502. The fourth-order valence-corrected chi connectivity index (χ4v) is 4.02. The number of methoxy groups -OCH3 is 2. The predicted molar refractivity (Wildman–Crippen MR) is 122 cm³/mol. The molecule has 4 N–H and O–H groups in total. The van der Waals surface area contributed by atoms with Crippen molar-refractivity contribution in [1.82, 2.24) is 10.2 Å². The van der Waals surface area contributed by atoms with Crippen molar-refractivity contribution < 1.29 is 18.7 Å². The number of amides is 1. The first kappa shape index (κ1) is 23.4. The SMILES string of the molecule is COc1c(NC2CCC(OC)CC2)cc(C(=O)Nc2nnc(/N=C(C)/C=C\N)s2)oc1=O. The first-order chi connectivity index (χ1) is 15.4. The minimum absolute atomic E-state index is 0.0198. The van der Waals surface area contributed by atoms with Gasteiger partial charge in [-0.1, -0.05) is 11.3 Å². The second kappa shape index (κ2) is 10.9. The molecule has 0 aliphatic heterocycles. The monoisotopic (exact) mass is 462 g/mol. The summed E-state index contributed by atoms with van der Waals surface area (Å²) in [7, 11) is 3.09. The highest BCUT2D eigenvalue weighted by Gasteiger charge is 2.24. The lowest BCUT2D eigenvalue weighted by Gasteiger charge is -2.29. The normalized spacial score (nSPS) is 19.2. The number of allylic oxidation sites excluding steroid dienone is 1. The summed E-state index contributed by atoms with van der Waals surface area (Å²) in [5.74, 6) is -0.793. The van der Waals surface area contributed by atoms with E-state index in [2.05, 4.69) is 25.8 Å². The van der Waals surface area contributed by atoms with E-state index < -0.39 is 11.5 Å². The molecule has 1 amide bonds. The molecule has 1 fully saturated rings. The fraction of sp³-hybridized carbons (Fsp3) is 0.450. The van der Waals surface area contributed by atoms with Crippen molar-refractivity contribution in [2.24, 2.45) is 10.7 Å². The zero-order chi connectivity index (χ0) is 23.1. The van der Waals surface area contributed by atoms with Gasteiger partial charge in [0.1, 0.15) is 0 Å². The van der Waals surface area contributed by atoms with E-state index in [1.54, 1.807) is 20.1 Å². The third kappa shape index (κ3) is 5.92. The number of carbonyl (C=O) groups is 1. The van der Waals surface area contributed by atoms with Gasteiger partial charge in [0.2, 0.25) is 16.0 Å². The molecule has 3 rings (SSSR count). The molecule has 1 aliphatic carbocycles. The van der Waals surface area contributed by atoms with Gasteiger partial charge in [-0.05, 0) is 44.9 Å². The lowest BCUT2D eigenvalue weighted by molar-refractivity contribution is 0.0681. The van der Waals surface area contributed by atoms with Crippen molar-refractivity contribution in [3.05, 3.63) is 34.5 Å². The Labute approximate surface area is 188 Å². The van der Waals surface area contributed by atoms with Gasteiger partial charge in [0.05, 0.1) is 18.9 Å². The molecule has 0 aromatic carbocycles. The standard InChI is InChI=1S/C20H26N6O5S/c1-11(8-9-21)22-19-25-26-20(32-19)24-17(27)15-10-14(16(30-3)18(28)31-15)23-12-4-6-13(29-2)7-5-12/h8-10,12-13,23H,4-7,21H2,1-3H3,(H,24,26,27)/b9-8-,22-11+. The number of carbonyl (C=O) groups excluding carboxylic acids is 1. The number of hydrogen-bond donors (Lipinski definition) is 3. The summed E-state index contributed by atoms with van der Waals surface area (Å²) in [6.45, 7) is 1.76. The third-order valence-electron chi connectivity index (χ3n) is 4.95. The number of hydrogen-bond acceptors (Lipinski definition) is 11. The highest BCUT2D eigenvalue weighted by molar-refractivity contribution is 7.18. The van der Waals surface area contributed by atoms with E-state index in [-0.39, 0.29) is 28.8 Å². The largest absolute Gasteiger partial charge is 0.488 e. The van der Waals surface area contributed by atoms with Crippen LogP contribution in [-0.2, 0) is 4.74 Å². The summed E-state index contributed by atoms with van der Waals surface area (Å²) in [6, 6.07) is 1.58. The van der Waals surface area contributed by atoms with Gasteiger partial charge in [-0.15, -0.1) is 10.2 Å². The van der Waals surface area contributed by atoms with E-state index in [1.807, 2.05) is 0 Å². The van der Waals surface area contributed by atoms with Crippen LogP contribution in [0.1, 0.15) is 43.2 Å². The topological polar surface area (TPSA) is 154 Å². The molecule has 2 heterocycles. The average Bonchev–Trinajstić information content (AvgIpc) is 3.20. The molecule has 11 nitrogen and oxygen atoms in total. The van der Waals surface area contributed by atoms with Gasteiger partial charge >= 0.3 is 5.63 Å². The van der Waals surface area contributed by atoms with Crippen LogP contribution in [0.3, 0.4) is 0 Å². The van der Waals surface area contributed by atoms with Gasteiger partial charge in [0.25, 0.3) is 5.91 Å². The first-order valence-electron chi connectivity index (χ1n) is 10.0. The van der Waals surface area contributed by atoms with Crippen LogP contribution >= 0.6 is 11.3 Å². The van der Waals surface area contributed by atoms with Crippen molar-refractivity contribution in [2.45, 2.75) is 44.8 Å². The molecular weight excluding hydrogens is 436 g/mol. The number of nitrogens with zero attached hydrogens (tertiary/aromatic N) is 3. The van der Waals surface area contributed by atoms with E-state index in [0.717, 1.165) is 37.0 Å². The minimum Gasteiger partial charge on any atom is -0.488 e. The summed E-state index contributed by atoms with van der Waals surface area (Å²) in [5, 5.41) is 14.2. The Hall–Kier alpha value is -3.25. The minimum atomic E-state index is -0.750. The van der Waals surface area contributed by atoms with E-state index in [0.29, 0.717) is 16.5 Å². The Morgan fingerprint density at radius 3 is 2.72 bits per heavy atom. The van der Waals surface area contributed by atoms with Crippen molar-refractivity contribution in [2.75, 3.05) is 24.9 Å². The lowest BCUT2D eigenvalue weighted by Crippen LogP contribution is -2.30. The number of nitrogens with one attached hydrogen (secondary N) is 2. The first-order valence-corrected chi connectivity index (χ1v) is 10.8. The smallest absolute Gasteiger partial charge is 0.381 e. The van der Waals surface area contributed by atoms with Gasteiger partial charge in [-0.2, -0.15) is 0 Å². The Morgan fingerprint density at radius 1 is 1.31 bits per heavy atom. The number of aromatic nitrogens is 2. The lowest BCUT2D eigenvalue weighted by atomic mass is 9.93. The summed E-state index contributed by atoms with van der Waals surface area (Å²) in [5.41, 5.74) is 5.62. The van der Waals surface area contributed by atoms with E-state index in [9.17, 15) is 9.59 Å². The molecule has 2 aromatic heterocycles. The van der Waals surface area contributed by atoms with E-state index in [1.165, 1.54) is 19.4 Å². The number of aliphatic imine (C=N–C) groups is 1. The van der Waals surface area contributed by atoms with Crippen LogP contribution in [0.2, 0.25) is 0 Å². The van der Waals surface area contributed by atoms with Crippen LogP contribution in [0, 0.1) is 0 Å². The van der Waals surface area contributed by atoms with Gasteiger partial charge in [0, 0.05) is 24.9 Å². The van der Waals surface area contributed by atoms with Crippen LogP contribution in [0.4, 0.5) is 16.0 Å². The predicted octanol–water partition coefficient (Wildman–Crippen LogP) is 2.69. The fourth-order valence-electron chi connectivity index (χ4n) is 3.35. The number of nitrogens with two attached hydrogens (primary N) is 1. The third-order valence-corrected chi connectivity index (χ3v) is 5.68. The summed E-state index contributed by atoms with van der Waals surface area (Å²) in [6.07, 6.45) is 6.78. The molecule has 0 unspecified atom stereocenters. The zero-order valence-electron chi connectivity index (χ0n) is 18.1. The van der Waals surface area contributed by atoms with Gasteiger partial charge in [-0.3, -0.25) is 10.1 Å². The highest BCUT2D eigenvalue weighted by atomic mass is 32.1. The average molecular weight is 463 g/mol. The van der Waals surface area contributed by atoms with Crippen LogP contribution in [0.5, 0.6) is 5.75 Å². The zero-order valence-corrected chi connectivity index (χ0v) is 18.9. The Morgan fingerprint density at radius 2 is 2.06 bits per heavy atom. The van der Waals surface area contributed by atoms with Gasteiger partial charge in [-0.25, -0.2) is 9.79 Å². The van der Waals surface area contributed by atoms with Crippen molar-refractivity contribution in [3.8, 4) is 5.75 Å². The molecule has 172 valence electrons. The Kier molecular flexibility index (Phi) is 7.95. The molecule has 0 radical (unpaired) electrons. The van der Waals surface area contributed by atoms with Crippen LogP contribution in [0.15, 0.2) is 32.5 Å². The number of rotatable bonds is 8. The molecular formula is C20H26N6O5S. The molecule has 0 spiro atoms. The maximum absolute atomic E-state index is 12.7. The molecule has 1 saturated carbocycles. The molecule has 32 heavy (non-hydrogen) atoms. The molecule has 2 aromatic rings. The van der Waals surface area contributed by atoms with E-state index >= 15 is 0 Å². The summed E-state index contributed by atoms with van der Waals surface area (Å²) < 4.78 is 15.8.